The highest BCUT2D eigenvalue weighted by Gasteiger charge is 2.34. The summed E-state index contributed by atoms with van der Waals surface area (Å²) in [5.41, 5.74) is 2.59. The maximum Gasteiger partial charge on any atom is 0.255 e. The van der Waals surface area contributed by atoms with Crippen molar-refractivity contribution in [1.29, 1.82) is 0 Å². The molecule has 34 heavy (non-hydrogen) atoms. The lowest BCUT2D eigenvalue weighted by Crippen LogP contribution is -2.31. The molecule has 0 bridgehead atoms. The van der Waals surface area contributed by atoms with Crippen LogP contribution >= 0.6 is 0 Å². The molecule has 2 heterocycles. The van der Waals surface area contributed by atoms with E-state index in [2.05, 4.69) is 27.6 Å². The second-order valence-electron chi connectivity index (χ2n) is 7.74. The van der Waals surface area contributed by atoms with Gasteiger partial charge in [0, 0.05) is 5.70 Å². The molecular weight excluding hydrogens is 434 g/mol. The van der Waals surface area contributed by atoms with Crippen molar-refractivity contribution in [2.75, 3.05) is 31.0 Å². The first-order valence-corrected chi connectivity index (χ1v) is 11.3. The van der Waals surface area contributed by atoms with Crippen molar-refractivity contribution in [3.63, 3.8) is 0 Å². The van der Waals surface area contributed by atoms with Crippen LogP contribution in [-0.4, -0.2) is 41.0 Å². The number of para-hydroxylation sites is 2. The lowest BCUT2D eigenvalue weighted by molar-refractivity contribution is -0.113. The van der Waals surface area contributed by atoms with Gasteiger partial charge in [0.05, 0.1) is 31.6 Å². The number of nitrogens with one attached hydrogen (secondary N) is 2. The van der Waals surface area contributed by atoms with Crippen LogP contribution in [0.5, 0.6) is 17.2 Å². The molecule has 9 heteroatoms. The lowest BCUT2D eigenvalue weighted by atomic mass is 9.94. The van der Waals surface area contributed by atoms with E-state index >= 15 is 0 Å². The minimum Gasteiger partial charge on any atom is -0.495 e. The Bertz CT molecular complexity index is 1200. The highest BCUT2D eigenvalue weighted by atomic mass is 16.5. The number of fused-ring (bicyclic) bond motifs is 1. The Morgan fingerprint density at radius 1 is 1.12 bits per heavy atom. The molecule has 2 N–H and O–H groups in total. The summed E-state index contributed by atoms with van der Waals surface area (Å²) >= 11 is 0. The van der Waals surface area contributed by atoms with Gasteiger partial charge in [0.1, 0.15) is 18.1 Å². The SMILES string of the molecule is CCCOc1ccc(C2C(C(=O)Nc3ccccc3OC)=C(C)Nc3ncnn32)cc1OCC. The fraction of sp³-hybridized carbons (Fsp3) is 0.320. The highest BCUT2D eigenvalue weighted by molar-refractivity contribution is 6.06. The van der Waals surface area contributed by atoms with Crippen molar-refractivity contribution < 1.29 is 19.0 Å². The zero-order chi connectivity index (χ0) is 24.1. The number of rotatable bonds is 9. The first-order valence-electron chi connectivity index (χ1n) is 11.3. The highest BCUT2D eigenvalue weighted by Crippen LogP contribution is 2.39. The summed E-state index contributed by atoms with van der Waals surface area (Å²) in [6.45, 7) is 6.90. The molecule has 3 aromatic rings. The van der Waals surface area contributed by atoms with E-state index in [1.807, 2.05) is 44.2 Å². The van der Waals surface area contributed by atoms with Gasteiger partial charge in [-0.15, -0.1) is 0 Å². The summed E-state index contributed by atoms with van der Waals surface area (Å²) in [5, 5.41) is 10.6. The summed E-state index contributed by atoms with van der Waals surface area (Å²) in [6.07, 6.45) is 2.35. The number of hydrogen-bond donors (Lipinski definition) is 2. The molecule has 1 aliphatic heterocycles. The van der Waals surface area contributed by atoms with Gasteiger partial charge in [0.2, 0.25) is 5.95 Å². The van der Waals surface area contributed by atoms with E-state index in [-0.39, 0.29) is 5.91 Å². The van der Waals surface area contributed by atoms with Gasteiger partial charge in [-0.25, -0.2) is 4.68 Å². The van der Waals surface area contributed by atoms with Gasteiger partial charge < -0.3 is 24.8 Å². The Morgan fingerprint density at radius 3 is 2.71 bits per heavy atom. The van der Waals surface area contributed by atoms with Gasteiger partial charge >= 0.3 is 0 Å². The number of methoxy groups -OCH3 is 1. The quantitative estimate of drug-likeness (QED) is 0.485. The van der Waals surface area contributed by atoms with E-state index in [0.717, 1.165) is 12.0 Å². The standard InChI is InChI=1S/C25H29N5O4/c1-5-13-34-20-12-11-17(14-21(20)33-6-2)23-22(16(3)28-25-26-15-27-30(23)25)24(31)29-18-9-7-8-10-19(18)32-4/h7-12,14-15,23H,5-6,13H2,1-4H3,(H,29,31)(H,26,27,28). The van der Waals surface area contributed by atoms with Gasteiger partial charge in [-0.05, 0) is 50.1 Å². The van der Waals surface area contributed by atoms with Crippen LogP contribution in [0, 0.1) is 0 Å². The van der Waals surface area contributed by atoms with E-state index in [4.69, 9.17) is 14.2 Å². The van der Waals surface area contributed by atoms with Crippen LogP contribution in [0.3, 0.4) is 0 Å². The van der Waals surface area contributed by atoms with Crippen LogP contribution in [-0.2, 0) is 4.79 Å². The maximum absolute atomic E-state index is 13.6. The van der Waals surface area contributed by atoms with Crippen molar-refractivity contribution in [3.05, 3.63) is 65.6 Å². The number of carbonyl (C=O) groups excluding carboxylic acids is 1. The van der Waals surface area contributed by atoms with Gasteiger partial charge in [0.15, 0.2) is 11.5 Å². The molecule has 0 radical (unpaired) electrons. The van der Waals surface area contributed by atoms with Gasteiger partial charge in [-0.2, -0.15) is 10.1 Å². The third-order valence-corrected chi connectivity index (χ3v) is 5.44. The minimum absolute atomic E-state index is 0.273. The van der Waals surface area contributed by atoms with Crippen molar-refractivity contribution in [1.82, 2.24) is 14.8 Å². The van der Waals surface area contributed by atoms with Gasteiger partial charge in [-0.1, -0.05) is 25.1 Å². The fourth-order valence-electron chi connectivity index (χ4n) is 3.93. The summed E-state index contributed by atoms with van der Waals surface area (Å²) < 4.78 is 18.8. The van der Waals surface area contributed by atoms with E-state index < -0.39 is 6.04 Å². The largest absolute Gasteiger partial charge is 0.495 e. The van der Waals surface area contributed by atoms with Crippen LogP contribution in [0.25, 0.3) is 0 Å². The number of nitrogens with zero attached hydrogens (tertiary/aromatic N) is 3. The Balaban J connectivity index is 1.76. The Hall–Kier alpha value is -4.01. The number of benzene rings is 2. The molecule has 4 rings (SSSR count). The maximum atomic E-state index is 13.6. The number of allylic oxidation sites excluding steroid dienone is 1. The van der Waals surface area contributed by atoms with Crippen molar-refractivity contribution in [3.8, 4) is 17.2 Å². The van der Waals surface area contributed by atoms with E-state index in [1.165, 1.54) is 6.33 Å². The van der Waals surface area contributed by atoms with Crippen molar-refractivity contribution >= 4 is 17.5 Å². The number of carbonyl (C=O) groups is 1. The summed E-state index contributed by atoms with van der Waals surface area (Å²) in [4.78, 5) is 17.9. The fourth-order valence-corrected chi connectivity index (χ4v) is 3.93. The third kappa shape index (κ3) is 4.54. The van der Waals surface area contributed by atoms with Crippen LogP contribution in [0.1, 0.15) is 38.8 Å². The Labute approximate surface area is 198 Å². The van der Waals surface area contributed by atoms with Gasteiger partial charge in [0.25, 0.3) is 5.91 Å². The number of ether oxygens (including phenoxy) is 3. The zero-order valence-corrected chi connectivity index (χ0v) is 19.8. The van der Waals surface area contributed by atoms with E-state index in [9.17, 15) is 4.79 Å². The predicted molar refractivity (Wildman–Crippen MR) is 130 cm³/mol. The smallest absolute Gasteiger partial charge is 0.255 e. The van der Waals surface area contributed by atoms with E-state index in [1.54, 1.807) is 23.9 Å². The Kier molecular flexibility index (Phi) is 7.01. The van der Waals surface area contributed by atoms with Crippen LogP contribution in [0.15, 0.2) is 60.1 Å². The molecule has 2 aromatic carbocycles. The minimum atomic E-state index is -0.520. The number of amides is 1. The second kappa shape index (κ2) is 10.3. The predicted octanol–water partition coefficient (Wildman–Crippen LogP) is 4.40. The van der Waals surface area contributed by atoms with Crippen molar-refractivity contribution in [2.24, 2.45) is 0 Å². The zero-order valence-electron chi connectivity index (χ0n) is 19.8. The van der Waals surface area contributed by atoms with Crippen LogP contribution < -0.4 is 24.8 Å². The molecular formula is C25H29N5O4. The molecule has 0 saturated heterocycles. The third-order valence-electron chi connectivity index (χ3n) is 5.44. The van der Waals surface area contributed by atoms with Crippen molar-refractivity contribution in [2.45, 2.75) is 33.2 Å². The average Bonchev–Trinajstić information content (AvgIpc) is 3.31. The molecule has 0 fully saturated rings. The van der Waals surface area contributed by atoms with Gasteiger partial charge in [-0.3, -0.25) is 4.79 Å². The lowest BCUT2D eigenvalue weighted by Gasteiger charge is -2.29. The molecule has 1 aromatic heterocycles. The molecule has 0 aliphatic carbocycles. The molecule has 1 amide bonds. The monoisotopic (exact) mass is 463 g/mol. The molecule has 0 saturated carbocycles. The van der Waals surface area contributed by atoms with E-state index in [0.29, 0.717) is 53.4 Å². The van der Waals surface area contributed by atoms with Crippen LogP contribution in [0.4, 0.5) is 11.6 Å². The number of anilines is 2. The summed E-state index contributed by atoms with van der Waals surface area (Å²) in [7, 11) is 1.57. The average molecular weight is 464 g/mol. The normalized spacial score (nSPS) is 14.8. The molecule has 1 unspecified atom stereocenters. The van der Waals surface area contributed by atoms with Crippen LogP contribution in [0.2, 0.25) is 0 Å². The molecule has 9 nitrogen and oxygen atoms in total. The number of hydrogen-bond acceptors (Lipinski definition) is 7. The molecule has 178 valence electrons. The Morgan fingerprint density at radius 2 is 1.94 bits per heavy atom. The number of aromatic nitrogens is 3. The first kappa shape index (κ1) is 23.2. The summed E-state index contributed by atoms with van der Waals surface area (Å²) in [6, 6.07) is 12.5. The molecule has 0 spiro atoms. The molecule has 1 aliphatic rings. The topological polar surface area (TPSA) is 99.5 Å². The second-order valence-corrected chi connectivity index (χ2v) is 7.74. The first-order chi connectivity index (χ1) is 16.6. The molecule has 1 atom stereocenters. The summed E-state index contributed by atoms with van der Waals surface area (Å²) in [5.74, 6) is 2.15.